The maximum Gasteiger partial charge on any atom is 0.416 e. The van der Waals surface area contributed by atoms with E-state index in [-0.39, 0.29) is 11.1 Å². The number of benzene rings is 1. The van der Waals surface area contributed by atoms with Crippen LogP contribution in [0.5, 0.6) is 0 Å². The second kappa shape index (κ2) is 6.26. The highest BCUT2D eigenvalue weighted by Gasteiger charge is 2.44. The van der Waals surface area contributed by atoms with Crippen LogP contribution in [0.1, 0.15) is 76.6 Å². The normalized spacial score (nSPS) is 14.2. The topological polar surface area (TPSA) is 0 Å². The molecule has 0 saturated heterocycles. The molecule has 24 heavy (non-hydrogen) atoms. The number of hydrogen-bond acceptors (Lipinski definition) is 0. The van der Waals surface area contributed by atoms with Crippen LogP contribution in [-0.4, -0.2) is 0 Å². The molecule has 1 aromatic carbocycles. The van der Waals surface area contributed by atoms with E-state index in [4.69, 9.17) is 0 Å². The fourth-order valence-electron chi connectivity index (χ4n) is 2.57. The summed E-state index contributed by atoms with van der Waals surface area (Å²) < 4.78 is 81.2. The Kier molecular flexibility index (Phi) is 5.44. The third-order valence-corrected chi connectivity index (χ3v) is 4.99. The Balaban J connectivity index is 3.95. The molecule has 0 amide bonds. The van der Waals surface area contributed by atoms with Crippen molar-refractivity contribution >= 4 is 0 Å². The van der Waals surface area contributed by atoms with Gasteiger partial charge in [-0.2, -0.15) is 26.3 Å². The number of alkyl halides is 6. The monoisotopic (exact) mass is 354 g/mol. The molecule has 0 aliphatic heterocycles. The molecule has 0 aliphatic rings. The van der Waals surface area contributed by atoms with Crippen molar-refractivity contribution in [3.8, 4) is 0 Å². The average Bonchev–Trinajstić information content (AvgIpc) is 2.43. The quantitative estimate of drug-likeness (QED) is 0.506. The summed E-state index contributed by atoms with van der Waals surface area (Å²) in [7, 11) is 0. The second-order valence-electron chi connectivity index (χ2n) is 7.41. The van der Waals surface area contributed by atoms with Gasteiger partial charge in [0.15, 0.2) is 0 Å². The molecule has 0 fully saturated rings. The molecule has 0 heterocycles. The van der Waals surface area contributed by atoms with E-state index in [9.17, 15) is 26.3 Å². The van der Waals surface area contributed by atoms with Crippen molar-refractivity contribution in [2.45, 2.75) is 77.6 Å². The minimum Gasteiger partial charge on any atom is -0.166 e. The van der Waals surface area contributed by atoms with Crippen molar-refractivity contribution in [2.24, 2.45) is 0 Å². The van der Waals surface area contributed by atoms with E-state index in [2.05, 4.69) is 0 Å². The Labute approximate surface area is 139 Å². The van der Waals surface area contributed by atoms with Crippen LogP contribution in [0.4, 0.5) is 26.3 Å². The Hall–Kier alpha value is -1.20. The molecule has 0 nitrogen and oxygen atoms in total. The highest BCUT2D eigenvalue weighted by atomic mass is 19.4. The van der Waals surface area contributed by atoms with Gasteiger partial charge in [0.1, 0.15) is 0 Å². The molecule has 0 atom stereocenters. The maximum atomic E-state index is 13.5. The van der Waals surface area contributed by atoms with Crippen LogP contribution >= 0.6 is 0 Å². The van der Waals surface area contributed by atoms with Crippen LogP contribution in [0.2, 0.25) is 0 Å². The largest absolute Gasteiger partial charge is 0.416 e. The molecular formula is C18H24F6. The highest BCUT2D eigenvalue weighted by molar-refractivity contribution is 5.47. The predicted molar refractivity (Wildman–Crippen MR) is 83.1 cm³/mol. The Bertz CT molecular complexity index is 537. The third kappa shape index (κ3) is 4.06. The van der Waals surface area contributed by atoms with Crippen molar-refractivity contribution in [1.29, 1.82) is 0 Å². The Morgan fingerprint density at radius 3 is 1.00 bits per heavy atom. The van der Waals surface area contributed by atoms with Crippen LogP contribution in [-0.2, 0) is 23.2 Å². The van der Waals surface area contributed by atoms with Gasteiger partial charge >= 0.3 is 12.4 Å². The first kappa shape index (κ1) is 20.8. The van der Waals surface area contributed by atoms with Gasteiger partial charge in [0.05, 0.1) is 11.1 Å². The van der Waals surface area contributed by atoms with Crippen molar-refractivity contribution in [1.82, 2.24) is 0 Å². The van der Waals surface area contributed by atoms with E-state index in [1.54, 1.807) is 13.8 Å². The fourth-order valence-corrected chi connectivity index (χ4v) is 2.57. The van der Waals surface area contributed by atoms with E-state index in [0.717, 1.165) is 0 Å². The Morgan fingerprint density at radius 1 is 0.583 bits per heavy atom. The maximum absolute atomic E-state index is 13.5. The molecular weight excluding hydrogens is 330 g/mol. The van der Waals surface area contributed by atoms with Gasteiger partial charge in [-0.25, -0.2) is 0 Å². The van der Waals surface area contributed by atoms with Gasteiger partial charge in [0.25, 0.3) is 0 Å². The summed E-state index contributed by atoms with van der Waals surface area (Å²) in [4.78, 5) is 0. The first-order chi connectivity index (χ1) is 10.6. The number of hydrogen-bond donors (Lipinski definition) is 0. The van der Waals surface area contributed by atoms with Crippen molar-refractivity contribution in [3.05, 3.63) is 34.4 Å². The van der Waals surface area contributed by atoms with Crippen molar-refractivity contribution in [3.63, 3.8) is 0 Å². The molecule has 0 N–H and O–H groups in total. The molecule has 1 rings (SSSR count). The standard InChI is InChI=1S/C18H24F6/c1-7-15(3,4)11-9-14(18(22,23)24)12(16(5,6)8-2)10-13(11)17(19,20)21/h9-10H,7-8H2,1-6H3. The molecule has 0 aliphatic carbocycles. The van der Waals surface area contributed by atoms with Gasteiger partial charge in [-0.3, -0.25) is 0 Å². The third-order valence-electron chi connectivity index (χ3n) is 4.99. The fraction of sp³-hybridized carbons (Fsp3) is 0.667. The summed E-state index contributed by atoms with van der Waals surface area (Å²) in [5.74, 6) is 0. The number of rotatable bonds is 4. The van der Waals surface area contributed by atoms with Gasteiger partial charge in [-0.1, -0.05) is 41.5 Å². The summed E-state index contributed by atoms with van der Waals surface area (Å²) in [5, 5.41) is 0. The average molecular weight is 354 g/mol. The van der Waals surface area contributed by atoms with E-state index in [1.807, 2.05) is 0 Å². The highest BCUT2D eigenvalue weighted by Crippen LogP contribution is 2.46. The van der Waals surface area contributed by atoms with E-state index in [0.29, 0.717) is 25.0 Å². The first-order valence-corrected chi connectivity index (χ1v) is 7.91. The molecule has 0 radical (unpaired) electrons. The van der Waals surface area contributed by atoms with Crippen LogP contribution in [0, 0.1) is 0 Å². The summed E-state index contributed by atoms with van der Waals surface area (Å²) >= 11 is 0. The molecule has 1 aromatic rings. The summed E-state index contributed by atoms with van der Waals surface area (Å²) in [6.45, 7) is 9.45. The van der Waals surface area contributed by atoms with E-state index in [1.165, 1.54) is 27.7 Å². The Morgan fingerprint density at radius 2 is 0.833 bits per heavy atom. The molecule has 0 unspecified atom stereocenters. The molecule has 0 aromatic heterocycles. The first-order valence-electron chi connectivity index (χ1n) is 7.91. The summed E-state index contributed by atoms with van der Waals surface area (Å²) in [5.41, 5.74) is -4.59. The van der Waals surface area contributed by atoms with Crippen LogP contribution in [0.3, 0.4) is 0 Å². The lowest BCUT2D eigenvalue weighted by Gasteiger charge is -2.33. The lowest BCUT2D eigenvalue weighted by Crippen LogP contribution is -2.28. The minimum absolute atomic E-state index is 0.296. The van der Waals surface area contributed by atoms with Crippen LogP contribution in [0.15, 0.2) is 12.1 Å². The van der Waals surface area contributed by atoms with Gasteiger partial charge < -0.3 is 0 Å². The van der Waals surface area contributed by atoms with Crippen LogP contribution < -0.4 is 0 Å². The molecule has 6 heteroatoms. The van der Waals surface area contributed by atoms with Crippen molar-refractivity contribution < 1.29 is 26.3 Å². The van der Waals surface area contributed by atoms with Crippen molar-refractivity contribution in [2.75, 3.05) is 0 Å². The lowest BCUT2D eigenvalue weighted by atomic mass is 9.73. The molecule has 0 spiro atoms. The SMILES string of the molecule is CCC(C)(C)c1cc(C(F)(F)F)c(C(C)(C)CC)cc1C(F)(F)F. The number of halogens is 6. The predicted octanol–water partition coefficient (Wildman–Crippen LogP) is 7.10. The molecule has 0 saturated carbocycles. The van der Waals surface area contributed by atoms with Gasteiger partial charge in [0, 0.05) is 0 Å². The zero-order chi connectivity index (χ0) is 19.1. The van der Waals surface area contributed by atoms with Gasteiger partial charge in [0.2, 0.25) is 0 Å². The second-order valence-corrected chi connectivity index (χ2v) is 7.41. The molecule has 138 valence electrons. The zero-order valence-electron chi connectivity index (χ0n) is 14.8. The zero-order valence-corrected chi connectivity index (χ0v) is 14.8. The van der Waals surface area contributed by atoms with Gasteiger partial charge in [-0.15, -0.1) is 0 Å². The molecule has 0 bridgehead atoms. The van der Waals surface area contributed by atoms with Crippen LogP contribution in [0.25, 0.3) is 0 Å². The van der Waals surface area contributed by atoms with E-state index >= 15 is 0 Å². The van der Waals surface area contributed by atoms with E-state index < -0.39 is 34.3 Å². The summed E-state index contributed by atoms with van der Waals surface area (Å²) in [6, 6.07) is 1.41. The smallest absolute Gasteiger partial charge is 0.166 e. The minimum atomic E-state index is -4.70. The lowest BCUT2D eigenvalue weighted by molar-refractivity contribution is -0.143. The van der Waals surface area contributed by atoms with Gasteiger partial charge in [-0.05, 0) is 46.9 Å². The summed E-state index contributed by atoms with van der Waals surface area (Å²) in [6.07, 6.45) is -8.82.